The maximum Gasteiger partial charge on any atom is 0.255 e. The van der Waals surface area contributed by atoms with Gasteiger partial charge in [0.2, 0.25) is 5.91 Å². The van der Waals surface area contributed by atoms with E-state index in [1.54, 1.807) is 0 Å². The second-order valence-electron chi connectivity index (χ2n) is 9.72. The van der Waals surface area contributed by atoms with E-state index in [0.717, 1.165) is 39.8 Å². The maximum atomic E-state index is 13.6. The predicted molar refractivity (Wildman–Crippen MR) is 151 cm³/mol. The van der Waals surface area contributed by atoms with Crippen LogP contribution in [0.3, 0.4) is 0 Å². The summed E-state index contributed by atoms with van der Waals surface area (Å²) < 4.78 is 0. The van der Waals surface area contributed by atoms with E-state index in [0.29, 0.717) is 18.7 Å². The van der Waals surface area contributed by atoms with E-state index in [1.807, 2.05) is 60.3 Å². The van der Waals surface area contributed by atoms with Crippen LogP contribution in [0.15, 0.2) is 72.8 Å². The van der Waals surface area contributed by atoms with E-state index in [-0.39, 0.29) is 36.7 Å². The van der Waals surface area contributed by atoms with Crippen LogP contribution in [0.5, 0.6) is 0 Å². The molecule has 37 heavy (non-hydrogen) atoms. The third-order valence-electron chi connectivity index (χ3n) is 6.88. The number of H-pyrrole nitrogens is 1. The van der Waals surface area contributed by atoms with Gasteiger partial charge in [0.1, 0.15) is 0 Å². The van der Waals surface area contributed by atoms with Crippen molar-refractivity contribution in [2.45, 2.75) is 19.4 Å². The topological polar surface area (TPSA) is 68.4 Å². The number of nitrogens with one attached hydrogen (secondary N) is 2. The Balaban J connectivity index is 0.00000320. The Labute approximate surface area is 224 Å². The number of rotatable bonds is 8. The van der Waals surface area contributed by atoms with Gasteiger partial charge in [-0.1, -0.05) is 66.2 Å². The first kappa shape index (κ1) is 26.5. The second-order valence-corrected chi connectivity index (χ2v) is 9.72. The summed E-state index contributed by atoms with van der Waals surface area (Å²) in [6.45, 7) is 3.78. The lowest BCUT2D eigenvalue weighted by atomic mass is 9.93. The van der Waals surface area contributed by atoms with Gasteiger partial charge in [0.15, 0.2) is 0 Å². The highest BCUT2D eigenvalue weighted by Gasteiger charge is 2.40. The molecule has 192 valence electrons. The van der Waals surface area contributed by atoms with Gasteiger partial charge < -0.3 is 20.1 Å². The fourth-order valence-electron chi connectivity index (χ4n) is 5.04. The summed E-state index contributed by atoms with van der Waals surface area (Å²) in [5.41, 5.74) is 7.06. The molecule has 2 amide bonds. The molecule has 6 nitrogen and oxygen atoms in total. The largest absolute Gasteiger partial charge is 0.355 e. The molecule has 0 saturated carbocycles. The van der Waals surface area contributed by atoms with Gasteiger partial charge in [0.25, 0.3) is 5.91 Å². The zero-order valence-electron chi connectivity index (χ0n) is 21.5. The van der Waals surface area contributed by atoms with E-state index in [4.69, 9.17) is 0 Å². The first-order valence-electron chi connectivity index (χ1n) is 12.4. The predicted octanol–water partition coefficient (Wildman–Crippen LogP) is 5.18. The molecular formula is C30H33ClN4O2. The van der Waals surface area contributed by atoms with Crippen LogP contribution >= 0.6 is 12.4 Å². The first-order chi connectivity index (χ1) is 17.4. The minimum Gasteiger partial charge on any atom is -0.355 e. The lowest BCUT2D eigenvalue weighted by Crippen LogP contribution is -2.36. The molecule has 0 radical (unpaired) electrons. The number of carbonyl (C=O) groups excluding carboxylic acids is 2. The molecule has 0 spiro atoms. The molecular weight excluding hydrogens is 484 g/mol. The van der Waals surface area contributed by atoms with E-state index in [2.05, 4.69) is 53.6 Å². The number of hydrogen-bond donors (Lipinski definition) is 2. The van der Waals surface area contributed by atoms with Crippen LogP contribution in [0.2, 0.25) is 0 Å². The molecule has 5 rings (SSSR count). The lowest BCUT2D eigenvalue weighted by Gasteiger charge is -2.26. The van der Waals surface area contributed by atoms with Crippen LogP contribution in [0, 0.1) is 6.92 Å². The molecule has 0 saturated heterocycles. The fraction of sp³-hybridized carbons (Fsp3) is 0.267. The van der Waals surface area contributed by atoms with Crippen molar-refractivity contribution in [3.05, 3.63) is 95.1 Å². The van der Waals surface area contributed by atoms with Gasteiger partial charge in [-0.2, -0.15) is 0 Å². The van der Waals surface area contributed by atoms with Gasteiger partial charge in [-0.05, 0) is 44.3 Å². The number of para-hydroxylation sites is 1. The van der Waals surface area contributed by atoms with Crippen molar-refractivity contribution in [2.24, 2.45) is 0 Å². The molecule has 2 heterocycles. The Morgan fingerprint density at radius 1 is 1.00 bits per heavy atom. The van der Waals surface area contributed by atoms with Gasteiger partial charge in [-0.3, -0.25) is 9.59 Å². The van der Waals surface area contributed by atoms with E-state index < -0.39 is 0 Å². The minimum atomic E-state index is -0.282. The average Bonchev–Trinajstić information content (AvgIpc) is 3.38. The van der Waals surface area contributed by atoms with E-state index in [1.165, 1.54) is 5.56 Å². The van der Waals surface area contributed by atoms with Crippen molar-refractivity contribution in [3.8, 4) is 11.3 Å². The Kier molecular flexibility index (Phi) is 8.00. The van der Waals surface area contributed by atoms with Crippen LogP contribution in [0.4, 0.5) is 0 Å². The molecule has 1 unspecified atom stereocenters. The maximum absolute atomic E-state index is 13.6. The van der Waals surface area contributed by atoms with Crippen molar-refractivity contribution >= 4 is 35.1 Å². The first-order valence-corrected chi connectivity index (χ1v) is 12.4. The summed E-state index contributed by atoms with van der Waals surface area (Å²) >= 11 is 0. The van der Waals surface area contributed by atoms with Gasteiger partial charge in [-0.25, -0.2) is 0 Å². The zero-order valence-corrected chi connectivity index (χ0v) is 22.3. The number of likely N-dealkylation sites (N-methyl/N-ethyl adjacent to an activating group) is 1. The molecule has 4 aromatic rings. The molecule has 0 aliphatic carbocycles. The van der Waals surface area contributed by atoms with E-state index >= 15 is 0 Å². The highest BCUT2D eigenvalue weighted by Crippen LogP contribution is 2.45. The number of carbonyl (C=O) groups is 2. The number of fused-ring (bicyclic) bond motifs is 2. The van der Waals surface area contributed by atoms with Crippen LogP contribution in [-0.4, -0.2) is 60.3 Å². The summed E-state index contributed by atoms with van der Waals surface area (Å²) in [6, 6.07) is 24.2. The summed E-state index contributed by atoms with van der Waals surface area (Å²) in [7, 11) is 3.95. The van der Waals surface area contributed by atoms with Crippen molar-refractivity contribution in [2.75, 3.05) is 33.7 Å². The summed E-state index contributed by atoms with van der Waals surface area (Å²) in [6.07, 6.45) is 0.256. The molecule has 1 aliphatic rings. The summed E-state index contributed by atoms with van der Waals surface area (Å²) in [5, 5.41) is 4.06. The smallest absolute Gasteiger partial charge is 0.255 e. The highest BCUT2D eigenvalue weighted by atomic mass is 35.5. The van der Waals surface area contributed by atoms with Crippen LogP contribution in [-0.2, 0) is 4.79 Å². The number of hydrogen-bond acceptors (Lipinski definition) is 3. The Bertz CT molecular complexity index is 1410. The number of halogens is 1. The zero-order chi connectivity index (χ0) is 25.2. The van der Waals surface area contributed by atoms with Crippen molar-refractivity contribution in [1.82, 2.24) is 20.1 Å². The lowest BCUT2D eigenvalue weighted by molar-refractivity contribution is -0.121. The van der Waals surface area contributed by atoms with Crippen LogP contribution in [0.1, 0.15) is 39.5 Å². The molecule has 1 aromatic heterocycles. The molecule has 3 aromatic carbocycles. The summed E-state index contributed by atoms with van der Waals surface area (Å²) in [4.78, 5) is 33.8. The Morgan fingerprint density at radius 3 is 2.46 bits per heavy atom. The monoisotopic (exact) mass is 516 g/mol. The average molecular weight is 517 g/mol. The van der Waals surface area contributed by atoms with Crippen molar-refractivity contribution in [1.29, 1.82) is 0 Å². The normalized spacial score (nSPS) is 14.6. The highest BCUT2D eigenvalue weighted by molar-refractivity contribution is 6.02. The second kappa shape index (κ2) is 11.2. The number of nitrogens with zero attached hydrogens (tertiary/aromatic N) is 2. The van der Waals surface area contributed by atoms with Gasteiger partial charge in [0.05, 0.1) is 11.7 Å². The molecule has 1 aliphatic heterocycles. The van der Waals surface area contributed by atoms with Crippen LogP contribution < -0.4 is 5.32 Å². The fourth-order valence-corrected chi connectivity index (χ4v) is 5.04. The Hall–Kier alpha value is -3.61. The van der Waals surface area contributed by atoms with Crippen molar-refractivity contribution < 1.29 is 9.59 Å². The van der Waals surface area contributed by atoms with Gasteiger partial charge >= 0.3 is 0 Å². The quantitative estimate of drug-likeness (QED) is 0.339. The summed E-state index contributed by atoms with van der Waals surface area (Å²) in [5.74, 6) is -0.0751. The SMILES string of the molecule is Cc1ccc(-c2[nH]c3ccccc3c2C2c3ccccc3C(=O)N2CCC(=O)NCCN(C)C)cc1.Cl. The number of aromatic nitrogens is 1. The van der Waals surface area contributed by atoms with Gasteiger partial charge in [-0.15, -0.1) is 12.4 Å². The number of aryl methyl sites for hydroxylation is 1. The molecule has 1 atom stereocenters. The van der Waals surface area contributed by atoms with Gasteiger partial charge in [0, 0.05) is 48.1 Å². The third-order valence-corrected chi connectivity index (χ3v) is 6.88. The Morgan fingerprint density at radius 2 is 1.70 bits per heavy atom. The van der Waals surface area contributed by atoms with Crippen LogP contribution in [0.25, 0.3) is 22.2 Å². The third kappa shape index (κ3) is 5.26. The standard InChI is InChI=1S/C30H32N4O2.ClH/c1-20-12-14-21(15-13-20)28-27(24-10-6-7-11-25(24)32-28)29-22-8-4-5-9-23(22)30(36)34(29)18-16-26(35)31-17-19-33(2)3;/h4-15,29,32H,16-19H2,1-3H3,(H,31,35);1H. The number of amides is 2. The van der Waals surface area contributed by atoms with Crippen molar-refractivity contribution in [3.63, 3.8) is 0 Å². The molecule has 7 heteroatoms. The van der Waals surface area contributed by atoms with E-state index in [9.17, 15) is 9.59 Å². The molecule has 2 N–H and O–H groups in total. The number of benzene rings is 3. The minimum absolute atomic E-state index is 0. The number of aromatic amines is 1. The molecule has 0 fully saturated rings. The molecule has 0 bridgehead atoms.